The Bertz CT molecular complexity index is 1090. The highest BCUT2D eigenvalue weighted by atomic mass is 32.2. The van der Waals surface area contributed by atoms with E-state index in [1.165, 1.54) is 23.9 Å². The highest BCUT2D eigenvalue weighted by Crippen LogP contribution is 2.50. The molecule has 0 N–H and O–H groups in total. The molecular formula is C22H21NO4S2. The first-order valence-electron chi connectivity index (χ1n) is 9.34. The van der Waals surface area contributed by atoms with Crippen LogP contribution in [0.15, 0.2) is 70.5 Å². The van der Waals surface area contributed by atoms with Crippen molar-refractivity contribution in [3.8, 4) is 0 Å². The summed E-state index contributed by atoms with van der Waals surface area (Å²) < 4.78 is 26.3. The fraction of sp³-hybridized carbons (Fsp3) is 0.273. The van der Waals surface area contributed by atoms with Crippen molar-refractivity contribution in [1.29, 1.82) is 0 Å². The maximum atomic E-state index is 13.6. The SMILES string of the molecule is Cc1ccc(S[C@]23C=C[C@H](C[C@@H]2C=O)N(S(=O)(=O)c2ccc(C)cc2)C3=O)cc1. The predicted octanol–water partition coefficient (Wildman–Crippen LogP) is 3.51. The Kier molecular flexibility index (Phi) is 4.91. The molecule has 7 heteroatoms. The van der Waals surface area contributed by atoms with E-state index in [2.05, 4.69) is 0 Å². The third kappa shape index (κ3) is 3.22. The smallest absolute Gasteiger partial charge is 0.267 e. The van der Waals surface area contributed by atoms with Gasteiger partial charge in [0.1, 0.15) is 11.0 Å². The summed E-state index contributed by atoms with van der Waals surface area (Å²) in [6.07, 6.45) is 4.53. The van der Waals surface area contributed by atoms with Crippen LogP contribution in [0, 0.1) is 19.8 Å². The van der Waals surface area contributed by atoms with Gasteiger partial charge in [-0.1, -0.05) is 47.5 Å². The molecule has 0 unspecified atom stereocenters. The highest BCUT2D eigenvalue weighted by molar-refractivity contribution is 8.01. The lowest BCUT2D eigenvalue weighted by molar-refractivity contribution is -0.136. The molecule has 29 heavy (non-hydrogen) atoms. The van der Waals surface area contributed by atoms with Crippen LogP contribution >= 0.6 is 11.8 Å². The van der Waals surface area contributed by atoms with Gasteiger partial charge < -0.3 is 4.79 Å². The van der Waals surface area contributed by atoms with E-state index in [1.54, 1.807) is 24.3 Å². The van der Waals surface area contributed by atoms with Crippen LogP contribution in [-0.2, 0) is 19.6 Å². The number of piperidine rings is 1. The van der Waals surface area contributed by atoms with Crippen LogP contribution in [0.1, 0.15) is 17.5 Å². The number of carbonyl (C=O) groups excluding carboxylic acids is 2. The molecule has 0 radical (unpaired) electrons. The van der Waals surface area contributed by atoms with Crippen LogP contribution in [-0.4, -0.2) is 35.7 Å². The van der Waals surface area contributed by atoms with Crippen molar-refractivity contribution in [3.05, 3.63) is 71.8 Å². The van der Waals surface area contributed by atoms with E-state index in [-0.39, 0.29) is 11.3 Å². The zero-order chi connectivity index (χ0) is 20.8. The molecular weight excluding hydrogens is 406 g/mol. The monoisotopic (exact) mass is 427 g/mol. The van der Waals surface area contributed by atoms with Crippen LogP contribution in [0.3, 0.4) is 0 Å². The maximum Gasteiger partial charge on any atom is 0.267 e. The number of fused-ring (bicyclic) bond motifs is 2. The second-order valence-electron chi connectivity index (χ2n) is 7.53. The van der Waals surface area contributed by atoms with E-state index in [9.17, 15) is 18.0 Å². The van der Waals surface area contributed by atoms with Gasteiger partial charge in [0.05, 0.1) is 10.9 Å². The molecule has 1 fully saturated rings. The van der Waals surface area contributed by atoms with Gasteiger partial charge in [0.15, 0.2) is 0 Å². The number of carbonyl (C=O) groups is 2. The number of benzene rings is 2. The van der Waals surface area contributed by atoms with E-state index in [0.717, 1.165) is 26.6 Å². The maximum absolute atomic E-state index is 13.6. The third-order valence-corrected chi connectivity index (χ3v) is 8.78. The van der Waals surface area contributed by atoms with E-state index >= 15 is 0 Å². The summed E-state index contributed by atoms with van der Waals surface area (Å²) >= 11 is 1.24. The van der Waals surface area contributed by atoms with Crippen LogP contribution in [0.5, 0.6) is 0 Å². The van der Waals surface area contributed by atoms with E-state index in [0.29, 0.717) is 0 Å². The number of hydrogen-bond donors (Lipinski definition) is 0. The Morgan fingerprint density at radius 1 is 1.03 bits per heavy atom. The summed E-state index contributed by atoms with van der Waals surface area (Å²) in [6, 6.07) is 13.4. The lowest BCUT2D eigenvalue weighted by Crippen LogP contribution is -2.63. The molecule has 150 valence electrons. The van der Waals surface area contributed by atoms with Gasteiger partial charge in [-0.25, -0.2) is 12.7 Å². The average Bonchev–Trinajstić information content (AvgIpc) is 2.70. The lowest BCUT2D eigenvalue weighted by Gasteiger charge is -2.49. The molecule has 3 atom stereocenters. The molecule has 0 spiro atoms. The molecule has 1 saturated heterocycles. The number of hydrogen-bond acceptors (Lipinski definition) is 5. The lowest BCUT2D eigenvalue weighted by atomic mass is 9.77. The average molecular weight is 428 g/mol. The number of aryl methyl sites for hydroxylation is 2. The Morgan fingerprint density at radius 3 is 2.21 bits per heavy atom. The van der Waals surface area contributed by atoms with Gasteiger partial charge >= 0.3 is 0 Å². The molecule has 1 aliphatic carbocycles. The molecule has 5 nitrogen and oxygen atoms in total. The standard InChI is InChI=1S/C22H21NO4S2/c1-15-3-7-19(8-4-15)28-22-12-11-18(13-17(22)14-24)23(21(22)25)29(26,27)20-9-5-16(2)6-10-20/h3-12,14,17-18H,13H2,1-2H3/t17-,18-,22-/m1/s1. The first kappa shape index (κ1) is 19.9. The second-order valence-corrected chi connectivity index (χ2v) is 10.7. The van der Waals surface area contributed by atoms with Gasteiger partial charge in [-0.3, -0.25) is 4.79 Å². The normalized spacial score (nSPS) is 26.0. The van der Waals surface area contributed by atoms with E-state index < -0.39 is 32.6 Å². The minimum absolute atomic E-state index is 0.0792. The number of aldehydes is 1. The van der Waals surface area contributed by atoms with Crippen molar-refractivity contribution in [2.45, 2.75) is 40.8 Å². The Balaban J connectivity index is 1.77. The van der Waals surface area contributed by atoms with Gasteiger partial charge in [0.25, 0.3) is 15.9 Å². The van der Waals surface area contributed by atoms with Gasteiger partial charge in [0, 0.05) is 10.8 Å². The summed E-state index contributed by atoms with van der Waals surface area (Å²) in [5.41, 5.74) is 2.01. The number of thioether (sulfide) groups is 1. The largest absolute Gasteiger partial charge is 0.303 e. The molecule has 2 bridgehead atoms. The molecule has 2 aromatic rings. The predicted molar refractivity (Wildman–Crippen MR) is 112 cm³/mol. The Morgan fingerprint density at radius 2 is 1.62 bits per heavy atom. The first-order valence-corrected chi connectivity index (χ1v) is 11.6. The minimum Gasteiger partial charge on any atom is -0.303 e. The quantitative estimate of drug-likeness (QED) is 0.539. The molecule has 2 aromatic carbocycles. The van der Waals surface area contributed by atoms with Crippen molar-refractivity contribution in [2.24, 2.45) is 5.92 Å². The van der Waals surface area contributed by atoms with Gasteiger partial charge in [-0.05, 0) is 44.5 Å². The van der Waals surface area contributed by atoms with E-state index in [4.69, 9.17) is 0 Å². The fourth-order valence-corrected chi connectivity index (χ4v) is 6.79. The van der Waals surface area contributed by atoms with Crippen molar-refractivity contribution >= 4 is 34.0 Å². The number of rotatable bonds is 5. The van der Waals surface area contributed by atoms with Gasteiger partial charge in [-0.15, -0.1) is 11.8 Å². The summed E-state index contributed by atoms with van der Waals surface area (Å²) in [5.74, 6) is -1.14. The number of sulfonamides is 1. The topological polar surface area (TPSA) is 71.5 Å². The number of amides is 1. The molecule has 2 aliphatic heterocycles. The molecule has 1 amide bonds. The summed E-state index contributed by atoms with van der Waals surface area (Å²) in [5, 5.41) is 0. The molecule has 0 aromatic heterocycles. The molecule has 0 saturated carbocycles. The second kappa shape index (κ2) is 7.15. The fourth-order valence-electron chi connectivity index (χ4n) is 3.84. The van der Waals surface area contributed by atoms with Crippen LogP contribution in [0.4, 0.5) is 0 Å². The molecule has 2 heterocycles. The van der Waals surface area contributed by atoms with Crippen molar-refractivity contribution < 1.29 is 18.0 Å². The Hall–Kier alpha value is -2.38. The summed E-state index contributed by atoms with van der Waals surface area (Å²) in [7, 11) is -4.02. The highest BCUT2D eigenvalue weighted by Gasteiger charge is 2.58. The van der Waals surface area contributed by atoms with Gasteiger partial charge in [0.2, 0.25) is 0 Å². The van der Waals surface area contributed by atoms with E-state index in [1.807, 2.05) is 38.1 Å². The summed E-state index contributed by atoms with van der Waals surface area (Å²) in [6.45, 7) is 3.84. The summed E-state index contributed by atoms with van der Waals surface area (Å²) in [4.78, 5) is 26.3. The molecule has 5 rings (SSSR count). The first-order chi connectivity index (χ1) is 13.8. The van der Waals surface area contributed by atoms with Crippen LogP contribution in [0.2, 0.25) is 0 Å². The van der Waals surface area contributed by atoms with Crippen LogP contribution in [0.25, 0.3) is 0 Å². The van der Waals surface area contributed by atoms with Crippen molar-refractivity contribution in [1.82, 2.24) is 4.31 Å². The number of nitrogens with zero attached hydrogens (tertiary/aromatic N) is 1. The molecule has 3 aliphatic rings. The zero-order valence-corrected chi connectivity index (χ0v) is 17.7. The Labute approximate surface area is 174 Å². The van der Waals surface area contributed by atoms with Gasteiger partial charge in [-0.2, -0.15) is 0 Å². The van der Waals surface area contributed by atoms with Crippen molar-refractivity contribution in [2.75, 3.05) is 0 Å². The van der Waals surface area contributed by atoms with Crippen LogP contribution < -0.4 is 0 Å². The third-order valence-electron chi connectivity index (χ3n) is 5.50. The minimum atomic E-state index is -4.02. The van der Waals surface area contributed by atoms with Crippen molar-refractivity contribution in [3.63, 3.8) is 0 Å². The zero-order valence-electron chi connectivity index (χ0n) is 16.1.